The van der Waals surface area contributed by atoms with E-state index in [1.807, 2.05) is 0 Å². The highest BCUT2D eigenvalue weighted by Gasteiger charge is 2.40. The minimum absolute atomic E-state index is 0.562. The normalized spacial score (nSPS) is 41.0. The van der Waals surface area contributed by atoms with Crippen molar-refractivity contribution in [2.24, 2.45) is 23.2 Å². The van der Waals surface area contributed by atoms with E-state index in [0.717, 1.165) is 30.3 Å². The van der Waals surface area contributed by atoms with Crippen LogP contribution in [0.1, 0.15) is 59.3 Å². The summed E-state index contributed by atoms with van der Waals surface area (Å²) in [6, 6.07) is 0.772. The van der Waals surface area contributed by atoms with Crippen molar-refractivity contribution < 1.29 is 0 Å². The first kappa shape index (κ1) is 14.8. The highest BCUT2D eigenvalue weighted by atomic mass is 15.2. The molecule has 0 bridgehead atoms. The molecule has 0 aromatic carbocycles. The fourth-order valence-corrected chi connectivity index (χ4v) is 5.27. The van der Waals surface area contributed by atoms with Gasteiger partial charge in [0, 0.05) is 25.7 Å². The van der Waals surface area contributed by atoms with Crippen LogP contribution < -0.4 is 5.32 Å². The SMILES string of the molecule is CCNC1CCC(C)(C)CC1CN1CC2CCCC2C1. The number of nitrogens with one attached hydrogen (secondary N) is 1. The van der Waals surface area contributed by atoms with E-state index >= 15 is 0 Å². The van der Waals surface area contributed by atoms with Crippen molar-refractivity contribution in [2.45, 2.75) is 65.3 Å². The second kappa shape index (κ2) is 5.96. The van der Waals surface area contributed by atoms with Crippen LogP contribution in [0.25, 0.3) is 0 Å². The fraction of sp³-hybridized carbons (Fsp3) is 1.00. The van der Waals surface area contributed by atoms with E-state index in [-0.39, 0.29) is 0 Å². The van der Waals surface area contributed by atoms with E-state index in [9.17, 15) is 0 Å². The maximum absolute atomic E-state index is 3.77. The monoisotopic (exact) mass is 278 g/mol. The van der Waals surface area contributed by atoms with Crippen LogP contribution in [-0.2, 0) is 0 Å². The van der Waals surface area contributed by atoms with E-state index in [2.05, 4.69) is 31.0 Å². The first-order chi connectivity index (χ1) is 9.57. The van der Waals surface area contributed by atoms with Gasteiger partial charge in [-0.15, -0.1) is 0 Å². The summed E-state index contributed by atoms with van der Waals surface area (Å²) in [7, 11) is 0. The molecule has 4 atom stereocenters. The molecular weight excluding hydrogens is 244 g/mol. The Morgan fingerprint density at radius 1 is 1.10 bits per heavy atom. The maximum atomic E-state index is 3.77. The molecule has 2 aliphatic carbocycles. The average molecular weight is 278 g/mol. The molecule has 1 heterocycles. The van der Waals surface area contributed by atoms with Gasteiger partial charge in [-0.05, 0) is 61.8 Å². The van der Waals surface area contributed by atoms with Crippen LogP contribution >= 0.6 is 0 Å². The summed E-state index contributed by atoms with van der Waals surface area (Å²) in [5, 5.41) is 3.77. The molecule has 3 fully saturated rings. The van der Waals surface area contributed by atoms with Crippen LogP contribution in [0.4, 0.5) is 0 Å². The zero-order chi connectivity index (χ0) is 14.2. The molecule has 0 radical (unpaired) electrons. The molecule has 0 aromatic heterocycles. The molecule has 0 amide bonds. The van der Waals surface area contributed by atoms with E-state index < -0.39 is 0 Å². The van der Waals surface area contributed by atoms with Crippen molar-refractivity contribution in [3.05, 3.63) is 0 Å². The number of hydrogen-bond acceptors (Lipinski definition) is 2. The molecule has 1 saturated heterocycles. The highest BCUT2D eigenvalue weighted by molar-refractivity contribution is 4.94. The van der Waals surface area contributed by atoms with Gasteiger partial charge in [0.2, 0.25) is 0 Å². The van der Waals surface area contributed by atoms with Crippen molar-refractivity contribution in [2.75, 3.05) is 26.2 Å². The number of rotatable bonds is 4. The van der Waals surface area contributed by atoms with Gasteiger partial charge in [-0.25, -0.2) is 0 Å². The number of likely N-dealkylation sites (tertiary alicyclic amines) is 1. The molecular formula is C18H34N2. The Bertz CT molecular complexity index is 313. The third-order valence-electron chi connectivity index (χ3n) is 6.28. The van der Waals surface area contributed by atoms with Gasteiger partial charge < -0.3 is 10.2 Å². The summed E-state index contributed by atoms with van der Waals surface area (Å²) in [5.41, 5.74) is 0.562. The quantitative estimate of drug-likeness (QED) is 0.846. The molecule has 1 N–H and O–H groups in total. The molecule has 3 aliphatic rings. The summed E-state index contributed by atoms with van der Waals surface area (Å²) in [6.45, 7) is 12.5. The second-order valence-corrected chi connectivity index (χ2v) is 8.50. The van der Waals surface area contributed by atoms with Crippen molar-refractivity contribution in [1.29, 1.82) is 0 Å². The largest absolute Gasteiger partial charge is 0.314 e. The van der Waals surface area contributed by atoms with Crippen LogP contribution in [0.2, 0.25) is 0 Å². The lowest BCUT2D eigenvalue weighted by Gasteiger charge is -2.42. The Labute approximate surface area is 125 Å². The molecule has 3 rings (SSSR count). The highest BCUT2D eigenvalue weighted by Crippen LogP contribution is 2.42. The van der Waals surface area contributed by atoms with E-state index in [0.29, 0.717) is 5.41 Å². The lowest BCUT2D eigenvalue weighted by molar-refractivity contribution is 0.106. The lowest BCUT2D eigenvalue weighted by atomic mass is 9.69. The molecule has 2 nitrogen and oxygen atoms in total. The van der Waals surface area contributed by atoms with Gasteiger partial charge in [-0.3, -0.25) is 0 Å². The Morgan fingerprint density at radius 3 is 2.45 bits per heavy atom. The van der Waals surface area contributed by atoms with Gasteiger partial charge in [-0.1, -0.05) is 27.2 Å². The molecule has 2 saturated carbocycles. The second-order valence-electron chi connectivity index (χ2n) is 8.50. The Morgan fingerprint density at radius 2 is 1.80 bits per heavy atom. The van der Waals surface area contributed by atoms with Crippen molar-refractivity contribution in [1.82, 2.24) is 10.2 Å². The Balaban J connectivity index is 1.58. The lowest BCUT2D eigenvalue weighted by Crippen LogP contribution is -2.47. The van der Waals surface area contributed by atoms with Gasteiger partial charge in [-0.2, -0.15) is 0 Å². The molecule has 20 heavy (non-hydrogen) atoms. The van der Waals surface area contributed by atoms with E-state index in [4.69, 9.17) is 0 Å². The zero-order valence-corrected chi connectivity index (χ0v) is 13.8. The minimum atomic E-state index is 0.562. The van der Waals surface area contributed by atoms with Crippen molar-refractivity contribution >= 4 is 0 Å². The fourth-order valence-electron chi connectivity index (χ4n) is 5.27. The first-order valence-electron chi connectivity index (χ1n) is 9.03. The first-order valence-corrected chi connectivity index (χ1v) is 9.03. The summed E-state index contributed by atoms with van der Waals surface area (Å²) in [6.07, 6.45) is 8.71. The molecule has 1 aliphatic heterocycles. The van der Waals surface area contributed by atoms with E-state index in [1.165, 1.54) is 58.2 Å². The molecule has 0 aromatic rings. The zero-order valence-electron chi connectivity index (χ0n) is 13.8. The summed E-state index contributed by atoms with van der Waals surface area (Å²) in [5.74, 6) is 2.96. The van der Waals surface area contributed by atoms with Gasteiger partial charge in [0.1, 0.15) is 0 Å². The minimum Gasteiger partial charge on any atom is -0.314 e. The number of nitrogens with zero attached hydrogens (tertiary/aromatic N) is 1. The smallest absolute Gasteiger partial charge is 0.0108 e. The van der Waals surface area contributed by atoms with Gasteiger partial charge >= 0.3 is 0 Å². The summed E-state index contributed by atoms with van der Waals surface area (Å²) in [4.78, 5) is 2.81. The Kier molecular flexibility index (Phi) is 4.42. The van der Waals surface area contributed by atoms with E-state index in [1.54, 1.807) is 0 Å². The summed E-state index contributed by atoms with van der Waals surface area (Å²) < 4.78 is 0. The average Bonchev–Trinajstić information content (AvgIpc) is 2.93. The third kappa shape index (κ3) is 3.22. The molecule has 116 valence electrons. The summed E-state index contributed by atoms with van der Waals surface area (Å²) >= 11 is 0. The van der Waals surface area contributed by atoms with Gasteiger partial charge in [0.25, 0.3) is 0 Å². The standard InChI is InChI=1S/C18H34N2/c1-4-19-17-8-9-18(2,3)10-16(17)13-20-11-14-6-5-7-15(14)12-20/h14-17,19H,4-13H2,1-3H3. The van der Waals surface area contributed by atoms with Crippen LogP contribution in [0.5, 0.6) is 0 Å². The molecule has 2 heteroatoms. The van der Waals surface area contributed by atoms with Gasteiger partial charge in [0.15, 0.2) is 0 Å². The van der Waals surface area contributed by atoms with Crippen molar-refractivity contribution in [3.8, 4) is 0 Å². The van der Waals surface area contributed by atoms with Crippen LogP contribution in [-0.4, -0.2) is 37.1 Å². The van der Waals surface area contributed by atoms with Crippen molar-refractivity contribution in [3.63, 3.8) is 0 Å². The number of fused-ring (bicyclic) bond motifs is 1. The molecule has 0 spiro atoms. The van der Waals surface area contributed by atoms with Gasteiger partial charge in [0.05, 0.1) is 0 Å². The van der Waals surface area contributed by atoms with Crippen LogP contribution in [0, 0.1) is 23.2 Å². The van der Waals surface area contributed by atoms with Crippen LogP contribution in [0.3, 0.4) is 0 Å². The van der Waals surface area contributed by atoms with Crippen LogP contribution in [0.15, 0.2) is 0 Å². The Hall–Kier alpha value is -0.0800. The number of hydrogen-bond donors (Lipinski definition) is 1. The predicted octanol–water partition coefficient (Wildman–Crippen LogP) is 3.52. The predicted molar refractivity (Wildman–Crippen MR) is 85.9 cm³/mol. The third-order valence-corrected chi connectivity index (χ3v) is 6.28. The maximum Gasteiger partial charge on any atom is 0.0108 e. The topological polar surface area (TPSA) is 15.3 Å². The molecule has 4 unspecified atom stereocenters.